The summed E-state index contributed by atoms with van der Waals surface area (Å²) in [5.74, 6) is 1.28. The first kappa shape index (κ1) is 40.8. The lowest BCUT2D eigenvalue weighted by Crippen LogP contribution is -2.17. The molecule has 7 aromatic rings. The van der Waals surface area contributed by atoms with Crippen LogP contribution in [0.4, 0.5) is 0 Å². The highest BCUT2D eigenvalue weighted by molar-refractivity contribution is 7.25. The third-order valence-electron chi connectivity index (χ3n) is 10.5. The monoisotopic (exact) mass is 787 g/mol. The Balaban J connectivity index is 0.000000320. The fourth-order valence-corrected chi connectivity index (χ4v) is 8.53. The predicted octanol–water partition coefficient (Wildman–Crippen LogP) is 15.3. The summed E-state index contributed by atoms with van der Waals surface area (Å²) in [5.41, 5.74) is 18.6. The second kappa shape index (κ2) is 20.4. The van der Waals surface area contributed by atoms with Gasteiger partial charge in [0.25, 0.3) is 0 Å². The molecule has 0 radical (unpaired) electrons. The lowest BCUT2D eigenvalue weighted by Gasteiger charge is -2.11. The summed E-state index contributed by atoms with van der Waals surface area (Å²) in [6, 6.07) is 51.8. The Morgan fingerprint density at radius 1 is 0.627 bits per heavy atom. The predicted molar refractivity (Wildman–Crippen MR) is 258 cm³/mol. The van der Waals surface area contributed by atoms with Gasteiger partial charge in [0.15, 0.2) is 5.84 Å². The molecule has 0 fully saturated rings. The summed E-state index contributed by atoms with van der Waals surface area (Å²) in [6.45, 7) is 6.67. The molecule has 0 unspecified atom stereocenters. The van der Waals surface area contributed by atoms with Crippen molar-refractivity contribution in [2.75, 3.05) is 0 Å². The smallest absolute Gasteiger partial charge is 0.153 e. The van der Waals surface area contributed by atoms with Gasteiger partial charge in [-0.1, -0.05) is 177 Å². The summed E-state index contributed by atoms with van der Waals surface area (Å²) in [5, 5.41) is 2.55. The molecule has 2 aliphatic carbocycles. The van der Waals surface area contributed by atoms with Gasteiger partial charge in [0.05, 0.1) is 6.54 Å². The minimum Gasteiger partial charge on any atom is -0.383 e. The molecular weight excluding hydrogens is 735 g/mol. The molecule has 1 aromatic heterocycles. The van der Waals surface area contributed by atoms with Gasteiger partial charge in [-0.15, -0.1) is 11.3 Å². The first-order chi connectivity index (χ1) is 29.1. The summed E-state index contributed by atoms with van der Waals surface area (Å²) in [6.07, 6.45) is 18.0. The van der Waals surface area contributed by atoms with Crippen molar-refractivity contribution in [2.45, 2.75) is 59.4 Å². The van der Waals surface area contributed by atoms with Crippen molar-refractivity contribution >= 4 is 43.2 Å². The molecule has 1 heterocycles. The Morgan fingerprint density at radius 3 is 1.98 bits per heavy atom. The van der Waals surface area contributed by atoms with E-state index < -0.39 is 0 Å². The number of aliphatic imine (C=N–C) groups is 2. The summed E-state index contributed by atoms with van der Waals surface area (Å²) < 4.78 is 2.57. The van der Waals surface area contributed by atoms with Gasteiger partial charge in [0.2, 0.25) is 0 Å². The van der Waals surface area contributed by atoms with Crippen LogP contribution in [0, 0.1) is 6.92 Å². The van der Waals surface area contributed by atoms with Crippen molar-refractivity contribution in [1.82, 2.24) is 0 Å². The Morgan fingerprint density at radius 2 is 1.27 bits per heavy atom. The van der Waals surface area contributed by atoms with Crippen LogP contribution in [0.1, 0.15) is 57.1 Å². The molecule has 9 rings (SSSR count). The van der Waals surface area contributed by atoms with E-state index in [1.807, 2.05) is 37.3 Å². The summed E-state index contributed by atoms with van der Waals surface area (Å²) in [4.78, 5) is 10.1. The van der Waals surface area contributed by atoms with Crippen LogP contribution in [0.5, 0.6) is 0 Å². The molecule has 6 aromatic carbocycles. The molecule has 0 bridgehead atoms. The van der Waals surface area contributed by atoms with Crippen molar-refractivity contribution in [3.8, 4) is 33.4 Å². The van der Waals surface area contributed by atoms with Gasteiger partial charge >= 0.3 is 0 Å². The van der Waals surface area contributed by atoms with Crippen molar-refractivity contribution < 1.29 is 0 Å². The Kier molecular flexibility index (Phi) is 14.1. The van der Waals surface area contributed by atoms with E-state index in [2.05, 4.69) is 177 Å². The molecular formula is C55H53N3S. The molecule has 4 heteroatoms. The van der Waals surface area contributed by atoms with Crippen LogP contribution < -0.4 is 5.73 Å². The fraction of sp³-hybridized carbons (Fsp3) is 0.164. The molecule has 0 saturated heterocycles. The number of nitrogens with zero attached hydrogens (tertiary/aromatic N) is 2. The first-order valence-corrected chi connectivity index (χ1v) is 21.7. The fourth-order valence-electron chi connectivity index (χ4n) is 7.39. The lowest BCUT2D eigenvalue weighted by atomic mass is 9.97. The van der Waals surface area contributed by atoms with E-state index in [0.29, 0.717) is 12.4 Å². The van der Waals surface area contributed by atoms with Gasteiger partial charge in [0.1, 0.15) is 5.84 Å². The zero-order valence-electron chi connectivity index (χ0n) is 34.4. The molecule has 3 nitrogen and oxygen atoms in total. The van der Waals surface area contributed by atoms with E-state index in [0.717, 1.165) is 49.1 Å². The maximum atomic E-state index is 6.58. The highest BCUT2D eigenvalue weighted by atomic mass is 32.1. The topological polar surface area (TPSA) is 50.7 Å². The highest BCUT2D eigenvalue weighted by Crippen LogP contribution is 2.39. The van der Waals surface area contributed by atoms with E-state index in [-0.39, 0.29) is 0 Å². The van der Waals surface area contributed by atoms with Crippen LogP contribution in [0.2, 0.25) is 0 Å². The van der Waals surface area contributed by atoms with Crippen LogP contribution in [0.25, 0.3) is 53.6 Å². The van der Waals surface area contributed by atoms with Gasteiger partial charge in [0, 0.05) is 25.7 Å². The normalized spacial score (nSPS) is 14.1. The number of allylic oxidation sites excluding steroid dienone is 5. The van der Waals surface area contributed by atoms with Gasteiger partial charge in [-0.05, 0) is 108 Å². The average Bonchev–Trinajstić information content (AvgIpc) is 3.46. The Bertz CT molecular complexity index is 2640. The van der Waals surface area contributed by atoms with Gasteiger partial charge < -0.3 is 5.73 Å². The molecule has 2 aliphatic rings. The maximum Gasteiger partial charge on any atom is 0.153 e. The summed E-state index contributed by atoms with van der Waals surface area (Å²) in [7, 11) is 0. The number of benzene rings is 6. The number of rotatable bonds is 7. The largest absolute Gasteiger partial charge is 0.383 e. The quantitative estimate of drug-likeness (QED) is 0.127. The van der Waals surface area contributed by atoms with E-state index in [1.54, 1.807) is 0 Å². The SMILES string of the molecule is CC.Cc1ccc(-c2cccc(-c3ccc4sc5cccc(CN=C(N=C(N)C6=CCCCC=C6)C6=CC=CCC6)c5c4c3)c2)cc1.c1ccc(-c2ccccc2)cc1. The number of fused-ring (bicyclic) bond motifs is 3. The number of aryl methyl sites for hydroxylation is 1. The second-order valence-electron chi connectivity index (χ2n) is 14.6. The number of hydrogen-bond acceptors (Lipinski definition) is 2. The van der Waals surface area contributed by atoms with E-state index in [4.69, 9.17) is 15.7 Å². The molecule has 59 heavy (non-hydrogen) atoms. The molecule has 0 aliphatic heterocycles. The molecule has 0 spiro atoms. The van der Waals surface area contributed by atoms with E-state index in [9.17, 15) is 0 Å². The van der Waals surface area contributed by atoms with E-state index >= 15 is 0 Å². The van der Waals surface area contributed by atoms with E-state index in [1.165, 1.54) is 64.7 Å². The van der Waals surface area contributed by atoms with Crippen LogP contribution in [0.15, 0.2) is 203 Å². The van der Waals surface area contributed by atoms with Gasteiger partial charge in [-0.3, -0.25) is 4.99 Å². The van der Waals surface area contributed by atoms with Crippen molar-refractivity contribution in [3.63, 3.8) is 0 Å². The minimum atomic E-state index is 0.540. The van der Waals surface area contributed by atoms with Crippen LogP contribution >= 0.6 is 11.3 Å². The zero-order valence-corrected chi connectivity index (χ0v) is 35.3. The van der Waals surface area contributed by atoms with Crippen LogP contribution in [0.3, 0.4) is 0 Å². The second-order valence-corrected chi connectivity index (χ2v) is 15.7. The van der Waals surface area contributed by atoms with Gasteiger partial charge in [-0.2, -0.15) is 0 Å². The Hall–Kier alpha value is -6.36. The maximum absolute atomic E-state index is 6.58. The zero-order chi connectivity index (χ0) is 40.8. The molecule has 2 N–H and O–H groups in total. The molecule has 0 amide bonds. The van der Waals surface area contributed by atoms with Gasteiger partial charge in [-0.25, -0.2) is 4.99 Å². The number of amidine groups is 2. The number of thiophene rings is 1. The van der Waals surface area contributed by atoms with Crippen molar-refractivity contribution in [1.29, 1.82) is 0 Å². The third kappa shape index (κ3) is 10.4. The lowest BCUT2D eigenvalue weighted by molar-refractivity contribution is 0.875. The van der Waals surface area contributed by atoms with Crippen LogP contribution in [-0.4, -0.2) is 11.7 Å². The van der Waals surface area contributed by atoms with Crippen LogP contribution in [-0.2, 0) is 6.54 Å². The van der Waals surface area contributed by atoms with Crippen molar-refractivity contribution in [3.05, 3.63) is 204 Å². The first-order valence-electron chi connectivity index (χ1n) is 20.9. The number of nitrogens with two attached hydrogens (primary N) is 1. The standard InChI is InChI=1S/C41H37N3S.C12H10.C2H6/c1-28-19-21-29(22-20-28)32-15-9-16-33(25-32)34-23-24-37-36(26-34)39-35(17-10-18-38(39)45-37)27-43-41(31-13-7-4-8-14-31)44-40(42)30-11-5-2-3-6-12-30;1-3-7-11(8-4-1)12-9-5-2-6-10-12;1-2/h4-5,7,9-13,15-26H,2-3,6,8,14,27H2,1H3,(H2,42,43,44);1-10H;1-2H3. The summed E-state index contributed by atoms with van der Waals surface area (Å²) >= 11 is 1.84. The molecule has 0 saturated carbocycles. The minimum absolute atomic E-state index is 0.540. The molecule has 0 atom stereocenters. The highest BCUT2D eigenvalue weighted by Gasteiger charge is 2.14. The average molecular weight is 788 g/mol. The third-order valence-corrected chi connectivity index (χ3v) is 11.6. The van der Waals surface area contributed by atoms with Crippen molar-refractivity contribution in [2.24, 2.45) is 15.7 Å². The molecule has 294 valence electrons. The number of hydrogen-bond donors (Lipinski definition) is 1. The Labute approximate surface area is 354 Å².